The maximum atomic E-state index is 2.25. The van der Waals surface area contributed by atoms with E-state index in [1.807, 2.05) is 18.2 Å². The van der Waals surface area contributed by atoms with Gasteiger partial charge in [-0.1, -0.05) is 43.3 Å². The van der Waals surface area contributed by atoms with E-state index >= 15 is 0 Å². The predicted molar refractivity (Wildman–Crippen MR) is 120 cm³/mol. The van der Waals surface area contributed by atoms with Gasteiger partial charge in [-0.05, 0) is 0 Å². The first-order valence-corrected chi connectivity index (χ1v) is 10.9. The quantitative estimate of drug-likeness (QED) is 0.333. The van der Waals surface area contributed by atoms with Crippen LogP contribution >= 0.6 is 0 Å². The molecule has 0 nitrogen and oxygen atoms in total. The molecule has 0 spiro atoms. The third kappa shape index (κ3) is 7.39. The van der Waals surface area contributed by atoms with E-state index in [2.05, 4.69) is 102 Å². The summed E-state index contributed by atoms with van der Waals surface area (Å²) in [5.41, 5.74) is 2.75. The van der Waals surface area contributed by atoms with Gasteiger partial charge in [0, 0.05) is 0 Å². The summed E-state index contributed by atoms with van der Waals surface area (Å²) >= 11 is 1.51. The number of hydrogen-bond acceptors (Lipinski definition) is 0. The van der Waals surface area contributed by atoms with Gasteiger partial charge in [0.05, 0.1) is 0 Å². The van der Waals surface area contributed by atoms with Crippen LogP contribution in [0.15, 0.2) is 109 Å². The Balaban J connectivity index is 0.000000234. The molecule has 0 atom stereocenters. The molecule has 0 heterocycles. The number of rotatable bonds is 2. The van der Waals surface area contributed by atoms with Gasteiger partial charge in [0.25, 0.3) is 0 Å². The van der Waals surface area contributed by atoms with Crippen LogP contribution in [0, 0.1) is 6.92 Å². The topological polar surface area (TPSA) is 0 Å². The van der Waals surface area contributed by atoms with Crippen LogP contribution in [0.5, 0.6) is 0 Å². The van der Waals surface area contributed by atoms with E-state index in [0.717, 1.165) is 6.42 Å². The number of hydrogen-bond donors (Lipinski definition) is 0. The van der Waals surface area contributed by atoms with Crippen LogP contribution in [0.25, 0.3) is 21.5 Å². The first-order chi connectivity index (χ1) is 13.8. The Hall–Kier alpha value is -2.51. The zero-order valence-corrected chi connectivity index (χ0v) is 19.4. The van der Waals surface area contributed by atoms with Gasteiger partial charge in [0.15, 0.2) is 0 Å². The molecule has 0 aromatic heterocycles. The summed E-state index contributed by atoms with van der Waals surface area (Å²) < 4.78 is 2.25. The zero-order chi connectivity index (χ0) is 19.6. The summed E-state index contributed by atoms with van der Waals surface area (Å²) in [6, 6.07) is 38.0. The summed E-state index contributed by atoms with van der Waals surface area (Å²) in [6.45, 7) is 2.08. The van der Waals surface area contributed by atoms with Crippen LogP contribution in [0.2, 0.25) is 0 Å². The molecule has 0 N–H and O–H groups in total. The first-order valence-electron chi connectivity index (χ1n) is 9.52. The van der Waals surface area contributed by atoms with Crippen molar-refractivity contribution < 1.29 is 33.6 Å². The van der Waals surface area contributed by atoms with Crippen molar-refractivity contribution in [1.82, 2.24) is 0 Å². The molecule has 152 valence electrons. The van der Waals surface area contributed by atoms with Gasteiger partial charge in [0.1, 0.15) is 0 Å². The van der Waals surface area contributed by atoms with Crippen LogP contribution in [-0.4, -0.2) is 3.71 Å². The van der Waals surface area contributed by atoms with Crippen molar-refractivity contribution in [3.63, 3.8) is 0 Å². The molecule has 5 rings (SSSR count). The fraction of sp³-hybridized carbons (Fsp3) is 0.0741. The largest absolute Gasteiger partial charge is 0.126 e. The molecule has 0 bridgehead atoms. The van der Waals surface area contributed by atoms with Crippen molar-refractivity contribution in [3.05, 3.63) is 120 Å². The van der Waals surface area contributed by atoms with Gasteiger partial charge in [-0.3, -0.25) is 0 Å². The Kier molecular flexibility index (Phi) is 11.6. The fourth-order valence-electron chi connectivity index (χ4n) is 3.11. The molecular weight excluding hydrogens is 454 g/mol. The molecule has 5 aromatic rings. The van der Waals surface area contributed by atoms with Crippen molar-refractivity contribution >= 4 is 25.3 Å². The van der Waals surface area contributed by atoms with E-state index in [1.165, 1.54) is 56.9 Å². The molecule has 0 radical (unpaired) electrons. The number of benzene rings is 3. The minimum absolute atomic E-state index is 0. The molecule has 0 fully saturated rings. The molecule has 0 aliphatic carbocycles. The van der Waals surface area contributed by atoms with Crippen molar-refractivity contribution in [2.75, 3.05) is 0 Å². The second-order valence-corrected chi connectivity index (χ2v) is 7.68. The first kappa shape index (κ1) is 25.5. The Morgan fingerprint density at radius 1 is 0.733 bits per heavy atom. The molecule has 0 saturated heterocycles. The van der Waals surface area contributed by atoms with Crippen LogP contribution in [0.1, 0.15) is 11.1 Å². The Morgan fingerprint density at radius 2 is 1.27 bits per heavy atom. The molecule has 0 aliphatic rings. The number of halogens is 2. The third-order valence-electron chi connectivity index (χ3n) is 4.53. The van der Waals surface area contributed by atoms with E-state index < -0.39 is 0 Å². The van der Waals surface area contributed by atoms with E-state index in [-0.39, 0.29) is 9.41 Å². The Labute approximate surface area is 192 Å². The summed E-state index contributed by atoms with van der Waals surface area (Å²) in [5, 5.41) is 5.39. The monoisotopic (exact) mass is 476 g/mol. The minimum atomic E-state index is 0. The maximum absolute atomic E-state index is 2.25. The average Bonchev–Trinajstić information content (AvgIpc) is 3.36. The van der Waals surface area contributed by atoms with Gasteiger partial charge in [-0.25, -0.2) is 11.6 Å². The van der Waals surface area contributed by atoms with E-state index in [0.29, 0.717) is 0 Å². The molecule has 5 aromatic carbocycles. The van der Waals surface area contributed by atoms with Gasteiger partial charge in [-0.15, -0.1) is 39.7 Å². The molecule has 0 aliphatic heterocycles. The van der Waals surface area contributed by atoms with Gasteiger partial charge in [0.2, 0.25) is 0 Å². The van der Waals surface area contributed by atoms with E-state index in [9.17, 15) is 0 Å². The predicted octanol–water partition coefficient (Wildman–Crippen LogP) is 1.01. The zero-order valence-electron chi connectivity index (χ0n) is 16.9. The molecule has 3 heteroatoms. The summed E-state index contributed by atoms with van der Waals surface area (Å²) in [4.78, 5) is 0. The standard InChI is InChI=1S/C13H9.C8H8.C6H7.2FH.Zr/c1-3-7-12-10(5-1)9-11-6-2-4-8-13(11)12;1-2-8-6-4-3-5-7-8;1-6-4-2-3-5-6;;;/h1-9H;1,3-7H,2H2;2-5H,1H3;2*1H;/q-1;;-1;;;+2/p-2. The van der Waals surface area contributed by atoms with Crippen molar-refractivity contribution in [2.45, 2.75) is 13.3 Å². The van der Waals surface area contributed by atoms with E-state index in [4.69, 9.17) is 0 Å². The molecule has 0 saturated carbocycles. The Bertz CT molecular complexity index is 1060. The number of fused-ring (bicyclic) bond motifs is 3. The maximum Gasteiger partial charge on any atom is -0.0771 e. The van der Waals surface area contributed by atoms with Crippen LogP contribution in [0.4, 0.5) is 0 Å². The summed E-state index contributed by atoms with van der Waals surface area (Å²) in [6.07, 6.45) is 1.12. The normalized spacial score (nSPS) is 9.30. The van der Waals surface area contributed by atoms with E-state index in [1.54, 1.807) is 0 Å². The van der Waals surface area contributed by atoms with Gasteiger partial charge < -0.3 is 9.41 Å². The summed E-state index contributed by atoms with van der Waals surface area (Å²) in [7, 11) is 0. The molecule has 30 heavy (non-hydrogen) atoms. The van der Waals surface area contributed by atoms with Crippen molar-refractivity contribution in [2.24, 2.45) is 0 Å². The van der Waals surface area contributed by atoms with Crippen LogP contribution < -0.4 is 9.41 Å². The third-order valence-corrected chi connectivity index (χ3v) is 5.03. The second kappa shape index (κ2) is 13.7. The Morgan fingerprint density at radius 3 is 1.70 bits per heavy atom. The van der Waals surface area contributed by atoms with Gasteiger partial charge in [-0.2, -0.15) is 18.2 Å². The minimum Gasteiger partial charge on any atom is -0.126 e. The van der Waals surface area contributed by atoms with Crippen LogP contribution in [0.3, 0.4) is 0 Å². The van der Waals surface area contributed by atoms with Crippen molar-refractivity contribution in [3.8, 4) is 0 Å². The number of aryl methyl sites for hydroxylation is 1. The van der Waals surface area contributed by atoms with Gasteiger partial charge >= 0.3 is 70.3 Å². The molecule has 0 unspecified atom stereocenters. The van der Waals surface area contributed by atoms with Crippen molar-refractivity contribution in [1.29, 1.82) is 0 Å². The average molecular weight is 478 g/mol. The van der Waals surface area contributed by atoms with Crippen LogP contribution in [-0.2, 0) is 30.7 Å². The summed E-state index contributed by atoms with van der Waals surface area (Å²) in [5.74, 6) is 0. The SMILES string of the molecule is Cc1cc[cH-]c1.[F-].[F-].[Zr+2]=[CH]Cc1ccccc1.c1ccc2c(c1)[cH-]c1ccccc12. The smallest absolute Gasteiger partial charge is 0.0771 e. The molecule has 0 amide bonds. The molecular formula is C27H24F2Zr-2. The fourth-order valence-corrected chi connectivity index (χ4v) is 3.69. The second-order valence-electron chi connectivity index (χ2n) is 6.67.